The summed E-state index contributed by atoms with van der Waals surface area (Å²) in [5.74, 6) is 5.56. The summed E-state index contributed by atoms with van der Waals surface area (Å²) in [6, 6.07) is 4.82. The third kappa shape index (κ3) is 2.49. The van der Waals surface area contributed by atoms with Gasteiger partial charge in [0.2, 0.25) is 11.7 Å². The van der Waals surface area contributed by atoms with E-state index in [0.717, 1.165) is 0 Å². The molecule has 10 nitrogen and oxygen atoms in total. The molecule has 0 aromatic carbocycles. The van der Waals surface area contributed by atoms with Crippen molar-refractivity contribution in [3.05, 3.63) is 42.2 Å². The number of carbonyl (C=O) groups is 1. The standard InChI is InChI=1S/C20H19N7O3/c1-22-19(30)20-8-11(20)14(15(28)16(20)29)27-9-24-13-17(21)25-12(26-18(13)27)6-5-10-4-2-3-7-23-10/h2-4,7,9,11,14-16,28-29H,8H2,1H3,(H,22,30)(H2,21,25,26)/t11?,14-,15+,16+,20?/m1/s1. The van der Waals surface area contributed by atoms with Gasteiger partial charge in [-0.1, -0.05) is 6.07 Å². The Balaban J connectivity index is 1.56. The second kappa shape index (κ2) is 6.48. The summed E-state index contributed by atoms with van der Waals surface area (Å²) in [5, 5.41) is 23.9. The van der Waals surface area contributed by atoms with E-state index in [2.05, 4.69) is 37.1 Å². The van der Waals surface area contributed by atoms with Crippen LogP contribution in [0.15, 0.2) is 30.7 Å². The molecule has 5 N–H and O–H groups in total. The minimum atomic E-state index is -1.17. The Kier molecular flexibility index (Phi) is 3.99. The van der Waals surface area contributed by atoms with Crippen molar-refractivity contribution in [2.45, 2.75) is 24.7 Å². The van der Waals surface area contributed by atoms with Crippen LogP contribution in [0.5, 0.6) is 0 Å². The third-order valence-corrected chi connectivity index (χ3v) is 6.06. The average Bonchev–Trinajstić information content (AvgIpc) is 3.29. The molecule has 0 spiro atoms. The fourth-order valence-corrected chi connectivity index (χ4v) is 4.56. The molecule has 1 amide bonds. The Hall–Kier alpha value is -3.55. The van der Waals surface area contributed by atoms with Gasteiger partial charge in [-0.05, 0) is 30.4 Å². The molecule has 0 saturated heterocycles. The Morgan fingerprint density at radius 2 is 2.13 bits per heavy atom. The van der Waals surface area contributed by atoms with Gasteiger partial charge in [0, 0.05) is 19.2 Å². The first-order valence-electron chi connectivity index (χ1n) is 9.49. The summed E-state index contributed by atoms with van der Waals surface area (Å²) in [4.78, 5) is 29.4. The van der Waals surface area contributed by atoms with E-state index in [-0.39, 0.29) is 23.5 Å². The molecule has 30 heavy (non-hydrogen) atoms. The number of nitrogens with one attached hydrogen (secondary N) is 1. The number of nitrogens with two attached hydrogens (primary N) is 1. The number of amides is 1. The van der Waals surface area contributed by atoms with Gasteiger partial charge in [0.15, 0.2) is 11.5 Å². The molecule has 5 rings (SSSR count). The lowest BCUT2D eigenvalue weighted by Gasteiger charge is -2.23. The lowest BCUT2D eigenvalue weighted by atomic mass is 9.98. The Morgan fingerprint density at radius 1 is 1.30 bits per heavy atom. The summed E-state index contributed by atoms with van der Waals surface area (Å²) in [6.45, 7) is 0. The van der Waals surface area contributed by atoms with E-state index in [1.807, 2.05) is 6.07 Å². The number of hydrogen-bond acceptors (Lipinski definition) is 8. The predicted molar refractivity (Wildman–Crippen MR) is 106 cm³/mol. The number of aliphatic hydroxyl groups is 2. The molecule has 2 aliphatic rings. The number of nitrogens with zero attached hydrogens (tertiary/aromatic N) is 5. The number of anilines is 1. The first-order valence-corrected chi connectivity index (χ1v) is 9.49. The first-order chi connectivity index (χ1) is 14.5. The van der Waals surface area contributed by atoms with E-state index in [0.29, 0.717) is 23.3 Å². The van der Waals surface area contributed by atoms with Crippen molar-refractivity contribution in [2.75, 3.05) is 12.8 Å². The highest BCUT2D eigenvalue weighted by Crippen LogP contribution is 2.67. The van der Waals surface area contributed by atoms with Crippen LogP contribution in [0.25, 0.3) is 11.2 Å². The number of aromatic nitrogens is 5. The molecule has 2 unspecified atom stereocenters. The van der Waals surface area contributed by atoms with E-state index < -0.39 is 23.7 Å². The molecular formula is C20H19N7O3. The summed E-state index contributed by atoms with van der Waals surface area (Å²) in [6.07, 6.45) is 1.30. The van der Waals surface area contributed by atoms with Crippen molar-refractivity contribution in [2.24, 2.45) is 11.3 Å². The highest BCUT2D eigenvalue weighted by molar-refractivity contribution is 5.88. The lowest BCUT2D eigenvalue weighted by molar-refractivity contribution is -0.132. The van der Waals surface area contributed by atoms with Gasteiger partial charge in [-0.3, -0.25) is 4.79 Å². The molecule has 3 aromatic rings. The molecular weight excluding hydrogens is 386 g/mol. The zero-order valence-electron chi connectivity index (χ0n) is 16.0. The third-order valence-electron chi connectivity index (χ3n) is 6.06. The van der Waals surface area contributed by atoms with E-state index in [1.54, 1.807) is 22.9 Å². The Morgan fingerprint density at radius 3 is 2.87 bits per heavy atom. The second-order valence-corrected chi connectivity index (χ2v) is 7.58. The lowest BCUT2D eigenvalue weighted by Crippen LogP contribution is -2.41. The number of imidazole rings is 1. The minimum absolute atomic E-state index is 0.158. The maximum Gasteiger partial charge on any atom is 0.229 e. The number of rotatable bonds is 2. The minimum Gasteiger partial charge on any atom is -0.389 e. The number of fused-ring (bicyclic) bond motifs is 2. The molecule has 152 valence electrons. The van der Waals surface area contributed by atoms with Crippen LogP contribution in [0.4, 0.5) is 5.82 Å². The highest BCUT2D eigenvalue weighted by atomic mass is 16.3. The van der Waals surface area contributed by atoms with Gasteiger partial charge >= 0.3 is 0 Å². The molecule has 2 aliphatic carbocycles. The SMILES string of the molecule is CNC(=O)C12CC1[C@@H](n1cnc3c(N)nc(C#Cc4ccccn4)nc31)[C@H](O)[C@@H]2O. The van der Waals surface area contributed by atoms with Crippen LogP contribution in [0.2, 0.25) is 0 Å². The van der Waals surface area contributed by atoms with Gasteiger partial charge in [-0.2, -0.15) is 0 Å². The van der Waals surface area contributed by atoms with E-state index in [1.165, 1.54) is 13.4 Å². The van der Waals surface area contributed by atoms with E-state index in [4.69, 9.17) is 5.73 Å². The topological polar surface area (TPSA) is 152 Å². The second-order valence-electron chi connectivity index (χ2n) is 7.58. The highest BCUT2D eigenvalue weighted by Gasteiger charge is 2.75. The molecule has 10 heteroatoms. The normalized spacial score (nSPS) is 29.2. The molecule has 2 saturated carbocycles. The zero-order chi connectivity index (χ0) is 21.0. The Bertz CT molecular complexity index is 1220. The molecule has 3 aromatic heterocycles. The van der Waals surface area contributed by atoms with Gasteiger partial charge in [0.25, 0.3) is 0 Å². The summed E-state index contributed by atoms with van der Waals surface area (Å²) >= 11 is 0. The predicted octanol–water partition coefficient (Wildman–Crippen LogP) is -0.768. The van der Waals surface area contributed by atoms with E-state index in [9.17, 15) is 15.0 Å². The number of nitrogen functional groups attached to an aromatic ring is 1. The number of pyridine rings is 1. The largest absolute Gasteiger partial charge is 0.389 e. The summed E-state index contributed by atoms with van der Waals surface area (Å²) in [5.41, 5.74) is 6.40. The van der Waals surface area contributed by atoms with E-state index >= 15 is 0 Å². The molecule has 0 radical (unpaired) electrons. The molecule has 0 bridgehead atoms. The van der Waals surface area contributed by atoms with Gasteiger partial charge in [0.05, 0.1) is 23.9 Å². The molecule has 5 atom stereocenters. The van der Waals surface area contributed by atoms with Gasteiger partial charge in [0.1, 0.15) is 17.3 Å². The number of carbonyl (C=O) groups excluding carboxylic acids is 1. The van der Waals surface area contributed by atoms with Crippen molar-refractivity contribution < 1.29 is 15.0 Å². The fraction of sp³-hybridized carbons (Fsp3) is 0.350. The quantitative estimate of drug-likeness (QED) is 0.406. The smallest absolute Gasteiger partial charge is 0.229 e. The fourth-order valence-electron chi connectivity index (χ4n) is 4.56. The van der Waals surface area contributed by atoms with Crippen LogP contribution in [0.3, 0.4) is 0 Å². The van der Waals surface area contributed by atoms with Crippen molar-refractivity contribution in [3.63, 3.8) is 0 Å². The molecule has 2 fully saturated rings. The average molecular weight is 405 g/mol. The van der Waals surface area contributed by atoms with Crippen LogP contribution < -0.4 is 11.1 Å². The van der Waals surface area contributed by atoms with Crippen molar-refractivity contribution in [1.29, 1.82) is 0 Å². The van der Waals surface area contributed by atoms with Crippen LogP contribution in [-0.2, 0) is 4.79 Å². The number of aliphatic hydroxyl groups excluding tert-OH is 2. The summed E-state index contributed by atoms with van der Waals surface area (Å²) in [7, 11) is 1.52. The van der Waals surface area contributed by atoms with Crippen molar-refractivity contribution >= 4 is 22.9 Å². The van der Waals surface area contributed by atoms with Gasteiger partial charge in [-0.25, -0.2) is 19.9 Å². The van der Waals surface area contributed by atoms with Crippen LogP contribution in [-0.4, -0.2) is 59.9 Å². The van der Waals surface area contributed by atoms with Gasteiger partial charge in [-0.15, -0.1) is 0 Å². The zero-order valence-corrected chi connectivity index (χ0v) is 16.0. The molecule has 0 aliphatic heterocycles. The maximum atomic E-state index is 12.4. The van der Waals surface area contributed by atoms with Crippen LogP contribution in [0, 0.1) is 23.2 Å². The van der Waals surface area contributed by atoms with Gasteiger partial charge < -0.3 is 25.8 Å². The first kappa shape index (κ1) is 18.5. The van der Waals surface area contributed by atoms with Crippen molar-refractivity contribution in [3.8, 4) is 11.8 Å². The monoisotopic (exact) mass is 405 g/mol. The molecule has 3 heterocycles. The summed E-state index contributed by atoms with van der Waals surface area (Å²) < 4.78 is 1.66. The van der Waals surface area contributed by atoms with Crippen molar-refractivity contribution in [1.82, 2.24) is 29.8 Å². The van der Waals surface area contributed by atoms with Crippen LogP contribution in [0.1, 0.15) is 24.0 Å². The Labute approximate surface area is 171 Å². The van der Waals surface area contributed by atoms with Crippen LogP contribution >= 0.6 is 0 Å². The maximum absolute atomic E-state index is 12.4. The number of hydrogen-bond donors (Lipinski definition) is 4.